The first-order valence-electron chi connectivity index (χ1n) is 8.28. The van der Waals surface area contributed by atoms with Crippen molar-refractivity contribution in [3.8, 4) is 0 Å². The summed E-state index contributed by atoms with van der Waals surface area (Å²) in [5, 5.41) is 2.92. The fourth-order valence-electron chi connectivity index (χ4n) is 2.85. The lowest BCUT2D eigenvalue weighted by Gasteiger charge is -2.27. The van der Waals surface area contributed by atoms with Gasteiger partial charge >= 0.3 is 0 Å². The summed E-state index contributed by atoms with van der Waals surface area (Å²) in [5.41, 5.74) is 1.01. The van der Waals surface area contributed by atoms with Crippen LogP contribution in [0, 0.1) is 0 Å². The molecule has 0 aliphatic carbocycles. The third kappa shape index (κ3) is 3.89. The number of hydrogen-bond acceptors (Lipinski definition) is 5. The number of carbonyl (C=O) groups is 1. The topological polar surface area (TPSA) is 67.4 Å². The lowest BCUT2D eigenvalue weighted by Crippen LogP contribution is -2.36. The molecule has 1 aromatic heterocycles. The van der Waals surface area contributed by atoms with Crippen molar-refractivity contribution in [1.82, 2.24) is 9.97 Å². The highest BCUT2D eigenvalue weighted by Crippen LogP contribution is 2.22. The molecular formula is C18H22N4O2. The number of amides is 1. The molecule has 6 heteroatoms. The van der Waals surface area contributed by atoms with Gasteiger partial charge in [-0.3, -0.25) is 4.79 Å². The van der Waals surface area contributed by atoms with Crippen LogP contribution in [0.25, 0.3) is 0 Å². The zero-order valence-electron chi connectivity index (χ0n) is 13.8. The summed E-state index contributed by atoms with van der Waals surface area (Å²) in [6.07, 6.45) is 2.22. The molecule has 0 saturated carbocycles. The van der Waals surface area contributed by atoms with E-state index in [1.807, 2.05) is 43.3 Å². The van der Waals surface area contributed by atoms with Crippen molar-refractivity contribution in [2.24, 2.45) is 0 Å². The minimum Gasteiger partial charge on any atom is -0.378 e. The molecule has 24 heavy (non-hydrogen) atoms. The van der Waals surface area contributed by atoms with Crippen molar-refractivity contribution < 1.29 is 9.53 Å². The van der Waals surface area contributed by atoms with Gasteiger partial charge in [0.05, 0.1) is 19.1 Å². The lowest BCUT2D eigenvalue weighted by atomic mass is 9.96. The predicted molar refractivity (Wildman–Crippen MR) is 93.2 cm³/mol. The van der Waals surface area contributed by atoms with E-state index >= 15 is 0 Å². The number of morpholine rings is 1. The standard InChI is InChI=1S/C18H22N4O2/c1-2-15(14-6-4-3-5-7-14)18(23)21-16-12-17(20-13-19-16)22-8-10-24-11-9-22/h3-7,12-13,15H,2,8-11H2,1H3,(H,19,20,21,23)/t15-/m0/s1. The summed E-state index contributed by atoms with van der Waals surface area (Å²) in [7, 11) is 0. The Morgan fingerprint density at radius 1 is 1.25 bits per heavy atom. The second kappa shape index (κ2) is 7.88. The molecule has 1 atom stereocenters. The Kier molecular flexibility index (Phi) is 5.38. The third-order valence-corrected chi connectivity index (χ3v) is 4.17. The van der Waals surface area contributed by atoms with Crippen LogP contribution >= 0.6 is 0 Å². The van der Waals surface area contributed by atoms with Crippen molar-refractivity contribution in [3.63, 3.8) is 0 Å². The Morgan fingerprint density at radius 2 is 2.00 bits per heavy atom. The normalized spacial score (nSPS) is 15.8. The molecular weight excluding hydrogens is 304 g/mol. The van der Waals surface area contributed by atoms with Crippen LogP contribution in [-0.2, 0) is 9.53 Å². The largest absolute Gasteiger partial charge is 0.378 e. The Balaban J connectivity index is 1.71. The maximum Gasteiger partial charge on any atom is 0.233 e. The Morgan fingerprint density at radius 3 is 2.71 bits per heavy atom. The van der Waals surface area contributed by atoms with Crippen LogP contribution in [0.4, 0.5) is 11.6 Å². The Hall–Kier alpha value is -2.47. The summed E-state index contributed by atoms with van der Waals surface area (Å²) in [4.78, 5) is 23.2. The first-order chi connectivity index (χ1) is 11.8. The van der Waals surface area contributed by atoms with Crippen molar-refractivity contribution in [1.29, 1.82) is 0 Å². The summed E-state index contributed by atoms with van der Waals surface area (Å²) in [5.74, 6) is 1.12. The van der Waals surface area contributed by atoms with Crippen molar-refractivity contribution in [2.45, 2.75) is 19.3 Å². The summed E-state index contributed by atoms with van der Waals surface area (Å²) < 4.78 is 5.36. The van der Waals surface area contributed by atoms with Crippen LogP contribution in [0.3, 0.4) is 0 Å². The molecule has 126 valence electrons. The third-order valence-electron chi connectivity index (χ3n) is 4.17. The van der Waals surface area contributed by atoms with E-state index in [1.165, 1.54) is 6.33 Å². The summed E-state index contributed by atoms with van der Waals surface area (Å²) >= 11 is 0. The average molecular weight is 326 g/mol. The van der Waals surface area contributed by atoms with E-state index in [9.17, 15) is 4.79 Å². The van der Waals surface area contributed by atoms with Crippen LogP contribution in [0.1, 0.15) is 24.8 Å². The highest BCUT2D eigenvalue weighted by molar-refractivity contribution is 5.95. The highest BCUT2D eigenvalue weighted by atomic mass is 16.5. The molecule has 0 radical (unpaired) electrons. The van der Waals surface area contributed by atoms with Gasteiger partial charge in [0, 0.05) is 19.2 Å². The minimum absolute atomic E-state index is 0.0460. The molecule has 2 aromatic rings. The zero-order valence-corrected chi connectivity index (χ0v) is 13.8. The second-order valence-corrected chi connectivity index (χ2v) is 5.72. The van der Waals surface area contributed by atoms with E-state index in [0.717, 1.165) is 30.9 Å². The quantitative estimate of drug-likeness (QED) is 0.914. The smallest absolute Gasteiger partial charge is 0.233 e. The molecule has 0 unspecified atom stereocenters. The molecule has 1 amide bonds. The molecule has 1 fully saturated rings. The van der Waals surface area contributed by atoms with Gasteiger partial charge in [-0.25, -0.2) is 9.97 Å². The molecule has 1 saturated heterocycles. The van der Waals surface area contributed by atoms with Gasteiger partial charge in [-0.2, -0.15) is 0 Å². The fourth-order valence-corrected chi connectivity index (χ4v) is 2.85. The maximum absolute atomic E-state index is 12.6. The van der Waals surface area contributed by atoms with Gasteiger partial charge in [-0.15, -0.1) is 0 Å². The number of ether oxygens (including phenoxy) is 1. The number of nitrogens with one attached hydrogen (secondary N) is 1. The first kappa shape index (κ1) is 16.4. The van der Waals surface area contributed by atoms with E-state index in [0.29, 0.717) is 19.0 Å². The monoisotopic (exact) mass is 326 g/mol. The Bertz CT molecular complexity index is 672. The van der Waals surface area contributed by atoms with E-state index in [-0.39, 0.29) is 11.8 Å². The Labute approximate surface area is 141 Å². The van der Waals surface area contributed by atoms with E-state index < -0.39 is 0 Å². The van der Waals surface area contributed by atoms with Gasteiger partial charge in [-0.1, -0.05) is 37.3 Å². The molecule has 6 nitrogen and oxygen atoms in total. The number of anilines is 2. The molecule has 1 N–H and O–H groups in total. The number of hydrogen-bond donors (Lipinski definition) is 1. The van der Waals surface area contributed by atoms with Gasteiger partial charge in [-0.05, 0) is 12.0 Å². The summed E-state index contributed by atoms with van der Waals surface area (Å²) in [6, 6.07) is 11.6. The van der Waals surface area contributed by atoms with Crippen molar-refractivity contribution in [2.75, 3.05) is 36.5 Å². The number of aromatic nitrogens is 2. The number of carbonyl (C=O) groups excluding carboxylic acids is 1. The molecule has 0 spiro atoms. The lowest BCUT2D eigenvalue weighted by molar-refractivity contribution is -0.117. The van der Waals surface area contributed by atoms with Crippen LogP contribution in [0.15, 0.2) is 42.7 Å². The van der Waals surface area contributed by atoms with Crippen molar-refractivity contribution in [3.05, 3.63) is 48.3 Å². The molecule has 1 aromatic carbocycles. The second-order valence-electron chi connectivity index (χ2n) is 5.72. The number of nitrogens with zero attached hydrogens (tertiary/aromatic N) is 3. The molecule has 1 aliphatic rings. The molecule has 2 heterocycles. The molecule has 0 bridgehead atoms. The van der Waals surface area contributed by atoms with Gasteiger partial charge in [0.15, 0.2) is 0 Å². The highest BCUT2D eigenvalue weighted by Gasteiger charge is 2.20. The van der Waals surface area contributed by atoms with Crippen LogP contribution in [-0.4, -0.2) is 42.2 Å². The molecule has 1 aliphatic heterocycles. The van der Waals surface area contributed by atoms with Gasteiger partial charge < -0.3 is 15.0 Å². The first-order valence-corrected chi connectivity index (χ1v) is 8.28. The van der Waals surface area contributed by atoms with Crippen molar-refractivity contribution >= 4 is 17.5 Å². The van der Waals surface area contributed by atoms with E-state index in [2.05, 4.69) is 20.2 Å². The number of rotatable bonds is 5. The predicted octanol–water partition coefficient (Wildman–Crippen LogP) is 2.45. The van der Waals surface area contributed by atoms with E-state index in [4.69, 9.17) is 4.74 Å². The van der Waals surface area contributed by atoms with Crippen LogP contribution < -0.4 is 10.2 Å². The van der Waals surface area contributed by atoms with E-state index in [1.54, 1.807) is 0 Å². The molecule has 3 rings (SSSR count). The van der Waals surface area contributed by atoms with Gasteiger partial charge in [0.2, 0.25) is 5.91 Å². The van der Waals surface area contributed by atoms with Gasteiger partial charge in [0.1, 0.15) is 18.0 Å². The van der Waals surface area contributed by atoms with Gasteiger partial charge in [0.25, 0.3) is 0 Å². The number of benzene rings is 1. The van der Waals surface area contributed by atoms with Crippen LogP contribution in [0.5, 0.6) is 0 Å². The van der Waals surface area contributed by atoms with Crippen LogP contribution in [0.2, 0.25) is 0 Å². The maximum atomic E-state index is 12.6. The summed E-state index contributed by atoms with van der Waals surface area (Å²) in [6.45, 7) is 4.99. The average Bonchev–Trinajstić information content (AvgIpc) is 2.64. The minimum atomic E-state index is -0.187. The zero-order chi connectivity index (χ0) is 16.8. The fraction of sp³-hybridized carbons (Fsp3) is 0.389. The SMILES string of the molecule is CC[C@H](C(=O)Nc1cc(N2CCOCC2)ncn1)c1ccccc1.